The first-order valence-corrected chi connectivity index (χ1v) is 5.06. The Morgan fingerprint density at radius 1 is 1.14 bits per heavy atom. The lowest BCUT2D eigenvalue weighted by Gasteiger charge is -2.17. The standard InChI is InChI=1S/C13H16O/c1-9-7-10(2)13(11(3)8-9)12-5-4-6-14-12/h4,6-8,12H,5H2,1-3H3. The third kappa shape index (κ3) is 1.54. The van der Waals surface area contributed by atoms with Crippen molar-refractivity contribution in [3.05, 3.63) is 46.7 Å². The summed E-state index contributed by atoms with van der Waals surface area (Å²) in [5, 5.41) is 0. The highest BCUT2D eigenvalue weighted by atomic mass is 16.5. The second-order valence-electron chi connectivity index (χ2n) is 4.04. The fourth-order valence-corrected chi connectivity index (χ4v) is 2.27. The Kier molecular flexibility index (Phi) is 2.32. The Bertz CT molecular complexity index is 346. The van der Waals surface area contributed by atoms with Gasteiger partial charge in [-0.25, -0.2) is 0 Å². The van der Waals surface area contributed by atoms with Gasteiger partial charge in [-0.3, -0.25) is 0 Å². The van der Waals surface area contributed by atoms with Gasteiger partial charge in [-0.2, -0.15) is 0 Å². The van der Waals surface area contributed by atoms with Gasteiger partial charge in [0.2, 0.25) is 0 Å². The summed E-state index contributed by atoms with van der Waals surface area (Å²) in [5.74, 6) is 0. The smallest absolute Gasteiger partial charge is 0.127 e. The lowest BCUT2D eigenvalue weighted by Crippen LogP contribution is -2.02. The maximum atomic E-state index is 5.56. The SMILES string of the molecule is Cc1cc(C)c(C2CC=CO2)c(C)c1. The molecule has 0 aromatic heterocycles. The fraction of sp³-hybridized carbons (Fsp3) is 0.385. The van der Waals surface area contributed by atoms with Gasteiger partial charge in [-0.05, 0) is 43.5 Å². The second kappa shape index (κ2) is 3.49. The van der Waals surface area contributed by atoms with E-state index in [2.05, 4.69) is 39.0 Å². The molecule has 1 nitrogen and oxygen atoms in total. The molecule has 1 aromatic rings. The fourth-order valence-electron chi connectivity index (χ4n) is 2.27. The molecule has 1 aliphatic rings. The van der Waals surface area contributed by atoms with Gasteiger partial charge in [0.15, 0.2) is 0 Å². The van der Waals surface area contributed by atoms with E-state index in [1.165, 1.54) is 22.3 Å². The van der Waals surface area contributed by atoms with Crippen molar-refractivity contribution in [2.75, 3.05) is 0 Å². The van der Waals surface area contributed by atoms with Crippen LogP contribution in [0.1, 0.15) is 34.8 Å². The molecule has 0 aliphatic carbocycles. The summed E-state index contributed by atoms with van der Waals surface area (Å²) in [7, 11) is 0. The van der Waals surface area contributed by atoms with E-state index in [-0.39, 0.29) is 6.10 Å². The molecule has 0 saturated heterocycles. The second-order valence-corrected chi connectivity index (χ2v) is 4.04. The topological polar surface area (TPSA) is 9.23 Å². The first-order chi connectivity index (χ1) is 6.68. The maximum Gasteiger partial charge on any atom is 0.127 e. The summed E-state index contributed by atoms with van der Waals surface area (Å²) in [6.07, 6.45) is 5.15. The monoisotopic (exact) mass is 188 g/mol. The number of aryl methyl sites for hydroxylation is 3. The van der Waals surface area contributed by atoms with Crippen molar-refractivity contribution in [3.8, 4) is 0 Å². The van der Waals surface area contributed by atoms with Crippen molar-refractivity contribution < 1.29 is 4.74 Å². The van der Waals surface area contributed by atoms with Crippen LogP contribution in [-0.4, -0.2) is 0 Å². The van der Waals surface area contributed by atoms with Crippen LogP contribution in [0.4, 0.5) is 0 Å². The molecule has 1 unspecified atom stereocenters. The lowest BCUT2D eigenvalue weighted by molar-refractivity contribution is 0.172. The normalized spacial score (nSPS) is 19.8. The summed E-state index contributed by atoms with van der Waals surface area (Å²) in [6, 6.07) is 4.45. The van der Waals surface area contributed by atoms with E-state index in [0.717, 1.165) is 6.42 Å². The van der Waals surface area contributed by atoms with Crippen LogP contribution < -0.4 is 0 Å². The molecule has 14 heavy (non-hydrogen) atoms. The molecule has 1 aromatic carbocycles. The highest BCUT2D eigenvalue weighted by Gasteiger charge is 2.18. The molecule has 0 N–H and O–H groups in total. The molecule has 1 heteroatoms. The maximum absolute atomic E-state index is 5.56. The van der Waals surface area contributed by atoms with Crippen LogP contribution >= 0.6 is 0 Å². The molecule has 0 radical (unpaired) electrons. The molecule has 0 amide bonds. The largest absolute Gasteiger partial charge is 0.493 e. The Morgan fingerprint density at radius 3 is 2.29 bits per heavy atom. The third-order valence-corrected chi connectivity index (χ3v) is 2.75. The predicted molar refractivity (Wildman–Crippen MR) is 58.2 cm³/mol. The van der Waals surface area contributed by atoms with Crippen molar-refractivity contribution in [2.24, 2.45) is 0 Å². The number of hydrogen-bond acceptors (Lipinski definition) is 1. The molecular formula is C13H16O. The molecule has 1 atom stereocenters. The van der Waals surface area contributed by atoms with E-state index in [1.54, 1.807) is 0 Å². The molecule has 2 rings (SSSR count). The van der Waals surface area contributed by atoms with Gasteiger partial charge in [0.1, 0.15) is 6.10 Å². The van der Waals surface area contributed by atoms with Gasteiger partial charge in [0.05, 0.1) is 6.26 Å². The lowest BCUT2D eigenvalue weighted by atomic mass is 9.94. The minimum Gasteiger partial charge on any atom is -0.493 e. The molecular weight excluding hydrogens is 172 g/mol. The van der Waals surface area contributed by atoms with Crippen LogP contribution in [0.15, 0.2) is 24.5 Å². The molecule has 74 valence electrons. The number of rotatable bonds is 1. The van der Waals surface area contributed by atoms with E-state index in [1.807, 2.05) is 6.26 Å². The molecule has 0 saturated carbocycles. The average molecular weight is 188 g/mol. The highest BCUT2D eigenvalue weighted by Crippen LogP contribution is 2.32. The van der Waals surface area contributed by atoms with E-state index >= 15 is 0 Å². The van der Waals surface area contributed by atoms with E-state index in [0.29, 0.717) is 0 Å². The third-order valence-electron chi connectivity index (χ3n) is 2.75. The first-order valence-electron chi connectivity index (χ1n) is 5.06. The van der Waals surface area contributed by atoms with Crippen molar-refractivity contribution in [2.45, 2.75) is 33.3 Å². The summed E-state index contributed by atoms with van der Waals surface area (Å²) in [4.78, 5) is 0. The molecule has 0 bridgehead atoms. The molecule has 0 fully saturated rings. The van der Waals surface area contributed by atoms with Gasteiger partial charge in [-0.15, -0.1) is 0 Å². The van der Waals surface area contributed by atoms with Gasteiger partial charge in [0, 0.05) is 6.42 Å². The van der Waals surface area contributed by atoms with Crippen molar-refractivity contribution in [1.82, 2.24) is 0 Å². The van der Waals surface area contributed by atoms with E-state index in [9.17, 15) is 0 Å². The predicted octanol–water partition coefficient (Wildman–Crippen LogP) is 3.59. The Morgan fingerprint density at radius 2 is 1.79 bits per heavy atom. The van der Waals surface area contributed by atoms with Crippen LogP contribution in [0.25, 0.3) is 0 Å². The van der Waals surface area contributed by atoms with Crippen molar-refractivity contribution >= 4 is 0 Å². The van der Waals surface area contributed by atoms with Gasteiger partial charge >= 0.3 is 0 Å². The summed E-state index contributed by atoms with van der Waals surface area (Å²) < 4.78 is 5.56. The Labute approximate surface area is 85.4 Å². The Balaban J connectivity index is 2.41. The van der Waals surface area contributed by atoms with Gasteiger partial charge < -0.3 is 4.74 Å². The quantitative estimate of drug-likeness (QED) is 0.654. The zero-order valence-corrected chi connectivity index (χ0v) is 9.00. The number of hydrogen-bond donors (Lipinski definition) is 0. The number of ether oxygens (including phenoxy) is 1. The van der Waals surface area contributed by atoms with Crippen molar-refractivity contribution in [3.63, 3.8) is 0 Å². The zero-order valence-electron chi connectivity index (χ0n) is 9.00. The molecule has 1 aliphatic heterocycles. The van der Waals surface area contributed by atoms with Crippen LogP contribution in [0.3, 0.4) is 0 Å². The summed E-state index contributed by atoms with van der Waals surface area (Å²) >= 11 is 0. The minimum atomic E-state index is 0.246. The Hall–Kier alpha value is -1.24. The molecule has 1 heterocycles. The average Bonchev–Trinajstić information content (AvgIpc) is 2.54. The van der Waals surface area contributed by atoms with Gasteiger partial charge in [-0.1, -0.05) is 17.7 Å². The number of benzene rings is 1. The van der Waals surface area contributed by atoms with Crippen molar-refractivity contribution in [1.29, 1.82) is 0 Å². The highest BCUT2D eigenvalue weighted by molar-refractivity contribution is 5.39. The van der Waals surface area contributed by atoms with E-state index < -0.39 is 0 Å². The van der Waals surface area contributed by atoms with E-state index in [4.69, 9.17) is 4.74 Å². The van der Waals surface area contributed by atoms with Crippen LogP contribution in [0.5, 0.6) is 0 Å². The van der Waals surface area contributed by atoms with Crippen LogP contribution in [0, 0.1) is 20.8 Å². The minimum absolute atomic E-state index is 0.246. The van der Waals surface area contributed by atoms with Crippen LogP contribution in [-0.2, 0) is 4.74 Å². The summed E-state index contributed by atoms with van der Waals surface area (Å²) in [6.45, 7) is 6.46. The summed E-state index contributed by atoms with van der Waals surface area (Å²) in [5.41, 5.74) is 5.38. The van der Waals surface area contributed by atoms with Gasteiger partial charge in [0.25, 0.3) is 0 Å². The van der Waals surface area contributed by atoms with Crippen LogP contribution in [0.2, 0.25) is 0 Å². The zero-order chi connectivity index (χ0) is 10.1. The molecule has 0 spiro atoms. The first kappa shape index (κ1) is 9.32.